The summed E-state index contributed by atoms with van der Waals surface area (Å²) in [6.45, 7) is 7.59. The van der Waals surface area contributed by atoms with Crippen LogP contribution in [0.4, 0.5) is 0 Å². The van der Waals surface area contributed by atoms with E-state index >= 15 is 0 Å². The third-order valence-electron chi connectivity index (χ3n) is 3.84. The number of benzene rings is 1. The fourth-order valence-electron chi connectivity index (χ4n) is 2.47. The molecule has 0 saturated heterocycles. The molecule has 1 N–H and O–H groups in total. The number of carbonyl (C=O) groups excluding carboxylic acids is 2. The highest BCUT2D eigenvalue weighted by Crippen LogP contribution is 2.17. The molecule has 122 valence electrons. The fourth-order valence-corrected chi connectivity index (χ4v) is 2.47. The first-order valence-corrected chi connectivity index (χ1v) is 7.83. The zero-order valence-corrected chi connectivity index (χ0v) is 14.1. The summed E-state index contributed by atoms with van der Waals surface area (Å²) in [5.41, 5.74) is 2.69. The van der Waals surface area contributed by atoms with E-state index in [9.17, 15) is 9.59 Å². The lowest BCUT2D eigenvalue weighted by atomic mass is 9.99. The Labute approximate surface area is 136 Å². The number of rotatable bonds is 6. The standard InChI is InChI=1S/C19H23NO3/c1-12-5-6-13(2)16(11-12)17(21)8-10-19(22)20-15(4)18-9-7-14(3)23-18/h5-7,9,11,15H,8,10H2,1-4H3,(H,20,22). The van der Waals surface area contributed by atoms with Crippen molar-refractivity contribution in [3.05, 3.63) is 58.5 Å². The Hall–Kier alpha value is -2.36. The monoisotopic (exact) mass is 313 g/mol. The molecule has 0 fully saturated rings. The second-order valence-electron chi connectivity index (χ2n) is 5.98. The van der Waals surface area contributed by atoms with E-state index < -0.39 is 0 Å². The molecule has 0 saturated carbocycles. The van der Waals surface area contributed by atoms with E-state index in [-0.39, 0.29) is 30.6 Å². The summed E-state index contributed by atoms with van der Waals surface area (Å²) in [6, 6.07) is 9.30. The largest absolute Gasteiger partial charge is 0.464 e. The smallest absolute Gasteiger partial charge is 0.221 e. The van der Waals surface area contributed by atoms with Gasteiger partial charge in [0, 0.05) is 18.4 Å². The van der Waals surface area contributed by atoms with Crippen LogP contribution >= 0.6 is 0 Å². The van der Waals surface area contributed by atoms with Gasteiger partial charge in [0.15, 0.2) is 5.78 Å². The molecule has 0 aliphatic carbocycles. The number of hydrogen-bond donors (Lipinski definition) is 1. The Morgan fingerprint density at radius 2 is 1.83 bits per heavy atom. The molecular weight excluding hydrogens is 290 g/mol. The molecule has 4 nitrogen and oxygen atoms in total. The topological polar surface area (TPSA) is 59.3 Å². The van der Waals surface area contributed by atoms with E-state index in [0.29, 0.717) is 5.56 Å². The maximum atomic E-state index is 12.3. The Morgan fingerprint density at radius 1 is 1.09 bits per heavy atom. The molecule has 23 heavy (non-hydrogen) atoms. The minimum atomic E-state index is -0.202. The SMILES string of the molecule is Cc1ccc(C)c(C(=O)CCC(=O)NC(C)c2ccc(C)o2)c1. The van der Waals surface area contributed by atoms with Crippen LogP contribution in [0.25, 0.3) is 0 Å². The van der Waals surface area contributed by atoms with Crippen LogP contribution in [0.3, 0.4) is 0 Å². The molecule has 0 aliphatic rings. The van der Waals surface area contributed by atoms with Crippen molar-refractivity contribution in [2.75, 3.05) is 0 Å². The van der Waals surface area contributed by atoms with E-state index in [1.165, 1.54) is 0 Å². The molecular formula is C19H23NO3. The Morgan fingerprint density at radius 3 is 2.48 bits per heavy atom. The molecule has 1 aromatic carbocycles. The van der Waals surface area contributed by atoms with E-state index in [2.05, 4.69) is 5.32 Å². The average molecular weight is 313 g/mol. The summed E-state index contributed by atoms with van der Waals surface area (Å²) in [7, 11) is 0. The summed E-state index contributed by atoms with van der Waals surface area (Å²) in [5, 5.41) is 2.86. The Balaban J connectivity index is 1.89. The third-order valence-corrected chi connectivity index (χ3v) is 3.84. The quantitative estimate of drug-likeness (QED) is 0.819. The van der Waals surface area contributed by atoms with Gasteiger partial charge in [0.1, 0.15) is 11.5 Å². The van der Waals surface area contributed by atoms with Crippen molar-refractivity contribution in [2.45, 2.75) is 46.6 Å². The number of hydrogen-bond acceptors (Lipinski definition) is 3. The van der Waals surface area contributed by atoms with Gasteiger partial charge in [-0.25, -0.2) is 0 Å². The van der Waals surface area contributed by atoms with E-state index in [1.54, 1.807) is 0 Å². The van der Waals surface area contributed by atoms with Crippen LogP contribution in [0.15, 0.2) is 34.7 Å². The van der Waals surface area contributed by atoms with E-state index in [4.69, 9.17) is 4.42 Å². The minimum absolute atomic E-state index is 0.00264. The molecule has 1 unspecified atom stereocenters. The number of carbonyl (C=O) groups is 2. The predicted octanol–water partition coefficient (Wildman–Crippen LogP) is 4.05. The maximum Gasteiger partial charge on any atom is 0.221 e. The summed E-state index contributed by atoms with van der Waals surface area (Å²) in [4.78, 5) is 24.3. The van der Waals surface area contributed by atoms with Crippen molar-refractivity contribution in [3.63, 3.8) is 0 Å². The lowest BCUT2D eigenvalue weighted by Crippen LogP contribution is -2.26. The summed E-state index contributed by atoms with van der Waals surface area (Å²) in [6.07, 6.45) is 0.385. The zero-order valence-electron chi connectivity index (χ0n) is 14.1. The number of Topliss-reactive ketones (excluding diaryl/α,β-unsaturated/α-hetero) is 1. The van der Waals surface area contributed by atoms with Gasteiger partial charge in [-0.2, -0.15) is 0 Å². The highest BCUT2D eigenvalue weighted by molar-refractivity contribution is 5.99. The highest BCUT2D eigenvalue weighted by Gasteiger charge is 2.15. The molecule has 1 aromatic heterocycles. The maximum absolute atomic E-state index is 12.3. The summed E-state index contributed by atoms with van der Waals surface area (Å²) < 4.78 is 5.49. The number of aryl methyl sites for hydroxylation is 3. The highest BCUT2D eigenvalue weighted by atomic mass is 16.3. The van der Waals surface area contributed by atoms with Crippen molar-refractivity contribution in [1.82, 2.24) is 5.32 Å². The van der Waals surface area contributed by atoms with Crippen molar-refractivity contribution in [3.8, 4) is 0 Å². The second-order valence-corrected chi connectivity index (χ2v) is 5.98. The molecule has 2 aromatic rings. The minimum Gasteiger partial charge on any atom is -0.464 e. The fraction of sp³-hybridized carbons (Fsp3) is 0.368. The van der Waals surface area contributed by atoms with Crippen molar-refractivity contribution in [1.29, 1.82) is 0 Å². The van der Waals surface area contributed by atoms with Gasteiger partial charge in [0.2, 0.25) is 5.91 Å². The number of furan rings is 1. The molecule has 0 bridgehead atoms. The zero-order chi connectivity index (χ0) is 17.0. The van der Waals surface area contributed by atoms with Crippen LogP contribution in [0.1, 0.15) is 58.8 Å². The first-order valence-electron chi connectivity index (χ1n) is 7.83. The van der Waals surface area contributed by atoms with Crippen LogP contribution in [-0.4, -0.2) is 11.7 Å². The third kappa shape index (κ3) is 4.55. The summed E-state index contributed by atoms with van der Waals surface area (Å²) in [5.74, 6) is 1.39. The van der Waals surface area contributed by atoms with Crippen LogP contribution < -0.4 is 5.32 Å². The number of amides is 1. The molecule has 0 aliphatic heterocycles. The van der Waals surface area contributed by atoms with Gasteiger partial charge < -0.3 is 9.73 Å². The van der Waals surface area contributed by atoms with Gasteiger partial charge in [-0.15, -0.1) is 0 Å². The van der Waals surface area contributed by atoms with Gasteiger partial charge in [0.05, 0.1) is 6.04 Å². The van der Waals surface area contributed by atoms with Crippen LogP contribution in [0, 0.1) is 20.8 Å². The molecule has 2 rings (SSSR count). The van der Waals surface area contributed by atoms with Crippen molar-refractivity contribution >= 4 is 11.7 Å². The van der Waals surface area contributed by atoms with Gasteiger partial charge >= 0.3 is 0 Å². The van der Waals surface area contributed by atoms with Crippen molar-refractivity contribution in [2.24, 2.45) is 0 Å². The molecule has 1 atom stereocenters. The first kappa shape index (κ1) is 17.0. The predicted molar refractivity (Wildman–Crippen MR) is 89.5 cm³/mol. The van der Waals surface area contributed by atoms with Crippen molar-refractivity contribution < 1.29 is 14.0 Å². The van der Waals surface area contributed by atoms with E-state index in [1.807, 2.05) is 58.0 Å². The van der Waals surface area contributed by atoms with E-state index in [0.717, 1.165) is 22.6 Å². The molecule has 0 spiro atoms. The molecule has 0 radical (unpaired) electrons. The van der Waals surface area contributed by atoms with Gasteiger partial charge in [-0.3, -0.25) is 9.59 Å². The molecule has 1 heterocycles. The lowest BCUT2D eigenvalue weighted by molar-refractivity contribution is -0.121. The lowest BCUT2D eigenvalue weighted by Gasteiger charge is -2.11. The molecule has 1 amide bonds. The summed E-state index contributed by atoms with van der Waals surface area (Å²) >= 11 is 0. The van der Waals surface area contributed by atoms with Crippen LogP contribution in [0.2, 0.25) is 0 Å². The first-order chi connectivity index (χ1) is 10.9. The average Bonchev–Trinajstić information content (AvgIpc) is 2.94. The Bertz CT molecular complexity index is 715. The van der Waals surface area contributed by atoms with Crippen LogP contribution in [-0.2, 0) is 4.79 Å². The van der Waals surface area contributed by atoms with Gasteiger partial charge in [0.25, 0.3) is 0 Å². The van der Waals surface area contributed by atoms with Gasteiger partial charge in [-0.1, -0.05) is 17.7 Å². The normalized spacial score (nSPS) is 12.0. The molecule has 4 heteroatoms. The Kier molecular flexibility index (Phi) is 5.37. The van der Waals surface area contributed by atoms with Crippen LogP contribution in [0.5, 0.6) is 0 Å². The second kappa shape index (κ2) is 7.27. The van der Waals surface area contributed by atoms with Gasteiger partial charge in [-0.05, 0) is 51.5 Å². The number of ketones is 1. The number of nitrogens with one attached hydrogen (secondary N) is 1.